The molecule has 0 radical (unpaired) electrons. The zero-order valence-electron chi connectivity index (χ0n) is 9.47. The first-order valence-corrected chi connectivity index (χ1v) is 5.42. The predicted molar refractivity (Wildman–Crippen MR) is 62.4 cm³/mol. The number of rotatable bonds is 1. The Kier molecular flexibility index (Phi) is 2.83. The van der Waals surface area contributed by atoms with Crippen LogP contribution in [0.25, 0.3) is 0 Å². The van der Waals surface area contributed by atoms with Gasteiger partial charge in [0.25, 0.3) is 0 Å². The molecular formula is C12H13FN2O2. The van der Waals surface area contributed by atoms with E-state index < -0.39 is 5.82 Å². The van der Waals surface area contributed by atoms with Gasteiger partial charge in [-0.1, -0.05) is 0 Å². The van der Waals surface area contributed by atoms with Crippen LogP contribution in [-0.2, 0) is 11.2 Å². The second-order valence-electron chi connectivity index (χ2n) is 4.13. The van der Waals surface area contributed by atoms with E-state index in [0.29, 0.717) is 30.4 Å². The van der Waals surface area contributed by atoms with Crippen molar-refractivity contribution in [2.24, 2.45) is 0 Å². The lowest BCUT2D eigenvalue weighted by molar-refractivity contribution is -0.114. The summed E-state index contributed by atoms with van der Waals surface area (Å²) in [7, 11) is 0. The van der Waals surface area contributed by atoms with E-state index in [1.54, 1.807) is 0 Å². The van der Waals surface area contributed by atoms with Gasteiger partial charge in [-0.2, -0.15) is 0 Å². The first-order valence-electron chi connectivity index (χ1n) is 5.42. The molecule has 1 aliphatic carbocycles. The van der Waals surface area contributed by atoms with Gasteiger partial charge in [0.2, 0.25) is 5.91 Å². The van der Waals surface area contributed by atoms with Gasteiger partial charge in [0.05, 0.1) is 5.69 Å². The predicted octanol–water partition coefficient (Wildman–Crippen LogP) is 1.89. The number of nitrogens with one attached hydrogen (secondary N) is 1. The second kappa shape index (κ2) is 4.16. The van der Waals surface area contributed by atoms with Crippen molar-refractivity contribution in [1.82, 2.24) is 0 Å². The molecule has 1 aromatic carbocycles. The number of carbonyl (C=O) groups is 2. The quantitative estimate of drug-likeness (QED) is 0.731. The Balaban J connectivity index is 2.63. The molecule has 0 heterocycles. The molecule has 5 heteroatoms. The van der Waals surface area contributed by atoms with Gasteiger partial charge in [-0.3, -0.25) is 9.59 Å². The summed E-state index contributed by atoms with van der Waals surface area (Å²) in [5.74, 6) is -1.05. The molecule has 17 heavy (non-hydrogen) atoms. The van der Waals surface area contributed by atoms with Crippen molar-refractivity contribution in [2.45, 2.75) is 26.2 Å². The number of fused-ring (bicyclic) bond motifs is 1. The highest BCUT2D eigenvalue weighted by atomic mass is 19.1. The Morgan fingerprint density at radius 2 is 2.18 bits per heavy atom. The summed E-state index contributed by atoms with van der Waals surface area (Å²) in [6, 6.07) is 1.09. The Bertz CT molecular complexity index is 512. The fourth-order valence-electron chi connectivity index (χ4n) is 2.17. The number of ketones is 1. The van der Waals surface area contributed by atoms with Gasteiger partial charge in [0.1, 0.15) is 5.82 Å². The molecular weight excluding hydrogens is 223 g/mol. The summed E-state index contributed by atoms with van der Waals surface area (Å²) in [6.45, 7) is 1.30. The SMILES string of the molecule is CC(=O)Nc1c(F)cc(N)c2c1CCCC2=O. The van der Waals surface area contributed by atoms with E-state index in [4.69, 9.17) is 5.73 Å². The van der Waals surface area contributed by atoms with Crippen molar-refractivity contribution in [1.29, 1.82) is 0 Å². The third-order valence-electron chi connectivity index (χ3n) is 2.82. The molecule has 1 amide bonds. The van der Waals surface area contributed by atoms with Crippen LogP contribution in [-0.4, -0.2) is 11.7 Å². The number of carbonyl (C=O) groups excluding carboxylic acids is 2. The number of hydrogen-bond acceptors (Lipinski definition) is 3. The Labute approximate surface area is 98.0 Å². The molecule has 0 aromatic heterocycles. The molecule has 90 valence electrons. The van der Waals surface area contributed by atoms with Crippen LogP contribution < -0.4 is 11.1 Å². The monoisotopic (exact) mass is 236 g/mol. The topological polar surface area (TPSA) is 72.2 Å². The summed E-state index contributed by atoms with van der Waals surface area (Å²) in [5.41, 5.74) is 6.79. The Morgan fingerprint density at radius 1 is 1.47 bits per heavy atom. The number of benzene rings is 1. The van der Waals surface area contributed by atoms with Crippen LogP contribution in [0.15, 0.2) is 6.07 Å². The van der Waals surface area contributed by atoms with Gasteiger partial charge in [0.15, 0.2) is 5.78 Å². The van der Waals surface area contributed by atoms with Crippen molar-refractivity contribution in [3.8, 4) is 0 Å². The van der Waals surface area contributed by atoms with Gasteiger partial charge in [-0.05, 0) is 24.5 Å². The van der Waals surface area contributed by atoms with Crippen molar-refractivity contribution in [2.75, 3.05) is 11.1 Å². The molecule has 0 atom stereocenters. The van der Waals surface area contributed by atoms with Crippen molar-refractivity contribution < 1.29 is 14.0 Å². The molecule has 3 N–H and O–H groups in total. The van der Waals surface area contributed by atoms with Crippen LogP contribution in [0.2, 0.25) is 0 Å². The summed E-state index contributed by atoms with van der Waals surface area (Å²) >= 11 is 0. The molecule has 2 rings (SSSR count). The summed E-state index contributed by atoms with van der Waals surface area (Å²) in [5, 5.41) is 2.43. The number of hydrogen-bond donors (Lipinski definition) is 2. The summed E-state index contributed by atoms with van der Waals surface area (Å²) < 4.78 is 13.7. The zero-order chi connectivity index (χ0) is 12.6. The van der Waals surface area contributed by atoms with Crippen molar-refractivity contribution in [3.05, 3.63) is 23.0 Å². The molecule has 0 aliphatic heterocycles. The van der Waals surface area contributed by atoms with Gasteiger partial charge in [-0.15, -0.1) is 0 Å². The standard InChI is InChI=1S/C12H13FN2O2/c1-6(16)15-12-7-3-2-4-10(17)11(7)9(14)5-8(12)13/h5H,2-4,14H2,1H3,(H,15,16). The zero-order valence-corrected chi connectivity index (χ0v) is 9.47. The van der Waals surface area contributed by atoms with Gasteiger partial charge < -0.3 is 11.1 Å². The third kappa shape index (κ3) is 2.00. The van der Waals surface area contributed by atoms with E-state index in [2.05, 4.69) is 5.32 Å². The fourth-order valence-corrected chi connectivity index (χ4v) is 2.17. The third-order valence-corrected chi connectivity index (χ3v) is 2.82. The Hall–Kier alpha value is -1.91. The molecule has 1 aliphatic rings. The molecule has 1 aromatic rings. The van der Waals surface area contributed by atoms with Gasteiger partial charge in [0, 0.05) is 24.6 Å². The average molecular weight is 236 g/mol. The molecule has 0 saturated heterocycles. The van der Waals surface area contributed by atoms with Gasteiger partial charge in [-0.25, -0.2) is 4.39 Å². The summed E-state index contributed by atoms with van der Waals surface area (Å²) in [4.78, 5) is 22.8. The largest absolute Gasteiger partial charge is 0.398 e. The molecule has 0 bridgehead atoms. The van der Waals surface area contributed by atoms with Crippen molar-refractivity contribution >= 4 is 23.1 Å². The number of nitrogens with two attached hydrogens (primary N) is 1. The molecule has 0 saturated carbocycles. The lowest BCUT2D eigenvalue weighted by Gasteiger charge is -2.20. The maximum atomic E-state index is 13.7. The van der Waals surface area contributed by atoms with E-state index >= 15 is 0 Å². The fraction of sp³-hybridized carbons (Fsp3) is 0.333. The smallest absolute Gasteiger partial charge is 0.221 e. The van der Waals surface area contributed by atoms with Crippen LogP contribution in [0.3, 0.4) is 0 Å². The maximum Gasteiger partial charge on any atom is 0.221 e. The van der Waals surface area contributed by atoms with E-state index in [-0.39, 0.29) is 23.1 Å². The minimum Gasteiger partial charge on any atom is -0.398 e. The highest BCUT2D eigenvalue weighted by molar-refractivity contribution is 6.05. The normalized spacial score (nSPS) is 14.4. The van der Waals surface area contributed by atoms with Crippen LogP contribution in [0.4, 0.5) is 15.8 Å². The van der Waals surface area contributed by atoms with Crippen LogP contribution in [0.1, 0.15) is 35.7 Å². The number of nitrogen functional groups attached to an aromatic ring is 1. The highest BCUT2D eigenvalue weighted by Gasteiger charge is 2.25. The average Bonchev–Trinajstić information content (AvgIpc) is 2.23. The van der Waals surface area contributed by atoms with E-state index in [0.717, 1.165) is 6.07 Å². The molecule has 0 unspecified atom stereocenters. The van der Waals surface area contributed by atoms with E-state index in [1.807, 2.05) is 0 Å². The molecule has 0 spiro atoms. The number of Topliss-reactive ketones (excluding diaryl/α,β-unsaturated/α-hetero) is 1. The molecule has 0 fully saturated rings. The lowest BCUT2D eigenvalue weighted by atomic mass is 9.88. The number of anilines is 2. The van der Waals surface area contributed by atoms with Crippen LogP contribution in [0, 0.1) is 5.82 Å². The van der Waals surface area contributed by atoms with Crippen molar-refractivity contribution in [3.63, 3.8) is 0 Å². The number of amides is 1. The molecule has 4 nitrogen and oxygen atoms in total. The van der Waals surface area contributed by atoms with E-state index in [1.165, 1.54) is 6.92 Å². The summed E-state index contributed by atoms with van der Waals surface area (Å²) in [6.07, 6.45) is 1.63. The first kappa shape index (κ1) is 11.6. The second-order valence-corrected chi connectivity index (χ2v) is 4.13. The Morgan fingerprint density at radius 3 is 2.82 bits per heavy atom. The number of halogens is 1. The highest BCUT2D eigenvalue weighted by Crippen LogP contribution is 2.34. The lowest BCUT2D eigenvalue weighted by Crippen LogP contribution is -2.19. The minimum atomic E-state index is -0.592. The maximum absolute atomic E-state index is 13.7. The van der Waals surface area contributed by atoms with Crippen LogP contribution >= 0.6 is 0 Å². The first-order chi connectivity index (χ1) is 8.00. The van der Waals surface area contributed by atoms with Gasteiger partial charge >= 0.3 is 0 Å². The minimum absolute atomic E-state index is 0.0876. The van der Waals surface area contributed by atoms with E-state index in [9.17, 15) is 14.0 Å². The van der Waals surface area contributed by atoms with Crippen LogP contribution in [0.5, 0.6) is 0 Å².